The van der Waals surface area contributed by atoms with E-state index in [-0.39, 0.29) is 29.7 Å². The first-order valence-electron chi connectivity index (χ1n) is 12.9. The van der Waals surface area contributed by atoms with Crippen LogP contribution >= 0.6 is 0 Å². The van der Waals surface area contributed by atoms with Gasteiger partial charge in [-0.15, -0.1) is 0 Å². The van der Waals surface area contributed by atoms with Crippen LogP contribution in [-0.4, -0.2) is 76.2 Å². The third kappa shape index (κ3) is 6.49. The molecule has 0 saturated carbocycles. The highest BCUT2D eigenvalue weighted by Crippen LogP contribution is 2.24. The van der Waals surface area contributed by atoms with Gasteiger partial charge < -0.3 is 48.4 Å². The average molecular weight is 535 g/mol. The maximum Gasteiger partial charge on any atom is 0.261 e. The summed E-state index contributed by atoms with van der Waals surface area (Å²) in [6.45, 7) is 2.31. The predicted octanol–water partition coefficient (Wildman–Crippen LogP) is -0.715. The summed E-state index contributed by atoms with van der Waals surface area (Å²) in [5.74, 6) is 0.777. The zero-order chi connectivity index (χ0) is 27.5. The molecule has 0 aliphatic carbocycles. The highest BCUT2D eigenvalue weighted by Gasteiger charge is 2.28. The Morgan fingerprint density at radius 1 is 0.795 bits per heavy atom. The number of nitrogens with one attached hydrogen (secondary N) is 3. The number of piperidine rings is 2. The summed E-state index contributed by atoms with van der Waals surface area (Å²) in [6, 6.07) is 9.68. The molecule has 3 aromatic rings. The van der Waals surface area contributed by atoms with Crippen molar-refractivity contribution in [1.29, 1.82) is 0 Å². The van der Waals surface area contributed by atoms with Gasteiger partial charge in [0.2, 0.25) is 17.8 Å². The van der Waals surface area contributed by atoms with E-state index in [2.05, 4.69) is 25.6 Å². The molecule has 2 aliphatic heterocycles. The third-order valence-electron chi connectivity index (χ3n) is 6.67. The molecule has 14 heteroatoms. The number of aromatic nitrogens is 4. The van der Waals surface area contributed by atoms with E-state index in [0.717, 1.165) is 12.8 Å². The van der Waals surface area contributed by atoms with Crippen LogP contribution in [0.25, 0.3) is 0 Å². The minimum atomic E-state index is -0.500. The number of rotatable bonds is 6. The van der Waals surface area contributed by atoms with Crippen LogP contribution in [0.15, 0.2) is 47.4 Å². The lowest BCUT2D eigenvalue weighted by atomic mass is 10.0. The second-order valence-corrected chi connectivity index (χ2v) is 10.2. The quantitative estimate of drug-likeness (QED) is 0.208. The molecule has 14 nitrogen and oxygen atoms in total. The van der Waals surface area contributed by atoms with E-state index in [1.54, 1.807) is 30.3 Å². The SMILES string of the molecule is NC1CC(N)CN(c2nc(Nc3ccc(NC(=O)c4ccc[nH]c4=O)cc3)nc(N3CC(N)CC(N)C3)n2)C1. The molecule has 0 bridgehead atoms. The van der Waals surface area contributed by atoms with Gasteiger partial charge in [-0.2, -0.15) is 15.0 Å². The highest BCUT2D eigenvalue weighted by atomic mass is 16.2. The number of carbonyl (C=O) groups is 1. The molecule has 1 aromatic carbocycles. The molecule has 11 N–H and O–H groups in total. The smallest absolute Gasteiger partial charge is 0.261 e. The number of hydrogen-bond acceptors (Lipinski definition) is 12. The molecule has 5 rings (SSSR count). The summed E-state index contributed by atoms with van der Waals surface area (Å²) in [5, 5.41) is 5.94. The van der Waals surface area contributed by atoms with Crippen LogP contribution in [0.5, 0.6) is 0 Å². The van der Waals surface area contributed by atoms with E-state index in [1.165, 1.54) is 12.3 Å². The zero-order valence-electron chi connectivity index (χ0n) is 21.5. The zero-order valence-corrected chi connectivity index (χ0v) is 21.5. The average Bonchev–Trinajstić information content (AvgIpc) is 2.89. The van der Waals surface area contributed by atoms with Crippen LogP contribution in [0.1, 0.15) is 23.2 Å². The Hall–Kier alpha value is -4.11. The molecule has 4 unspecified atom stereocenters. The van der Waals surface area contributed by atoms with Crippen molar-refractivity contribution in [3.05, 3.63) is 58.5 Å². The lowest BCUT2D eigenvalue weighted by Crippen LogP contribution is -2.54. The van der Waals surface area contributed by atoms with E-state index in [0.29, 0.717) is 55.4 Å². The molecule has 4 atom stereocenters. The number of hydrogen-bond donors (Lipinski definition) is 7. The molecule has 1 amide bonds. The Kier molecular flexibility index (Phi) is 7.70. The molecular formula is C25H34N12O2. The van der Waals surface area contributed by atoms with Gasteiger partial charge in [-0.1, -0.05) is 0 Å². The van der Waals surface area contributed by atoms with Crippen molar-refractivity contribution in [2.45, 2.75) is 37.0 Å². The van der Waals surface area contributed by atoms with Crippen molar-refractivity contribution in [1.82, 2.24) is 19.9 Å². The molecule has 0 spiro atoms. The number of amides is 1. The molecule has 2 saturated heterocycles. The van der Waals surface area contributed by atoms with Crippen molar-refractivity contribution in [2.24, 2.45) is 22.9 Å². The second kappa shape index (κ2) is 11.3. The number of nitrogens with zero attached hydrogens (tertiary/aromatic N) is 5. The fraction of sp³-hybridized carbons (Fsp3) is 0.400. The lowest BCUT2D eigenvalue weighted by Gasteiger charge is -2.37. The standard InChI is InChI=1S/C25H34N12O2/c26-14-8-15(27)11-36(10-14)24-33-23(34-25(35-24)37-12-16(28)9-17(29)13-37)32-19-5-3-18(4-6-19)31-22(39)20-2-1-7-30-21(20)38/h1-7,14-17H,8-13,26-29H2,(H,30,38)(H,31,39)(H,32,33,34,35). The van der Waals surface area contributed by atoms with Crippen molar-refractivity contribution in [3.8, 4) is 0 Å². The Bertz CT molecular complexity index is 1300. The summed E-state index contributed by atoms with van der Waals surface area (Å²) in [4.78, 5) is 44.8. The molecule has 0 radical (unpaired) electrons. The highest BCUT2D eigenvalue weighted by molar-refractivity contribution is 6.04. The summed E-state index contributed by atoms with van der Waals surface area (Å²) < 4.78 is 0. The molecular weight excluding hydrogens is 500 g/mol. The third-order valence-corrected chi connectivity index (χ3v) is 6.67. The van der Waals surface area contributed by atoms with Crippen molar-refractivity contribution >= 4 is 35.1 Å². The van der Waals surface area contributed by atoms with Gasteiger partial charge >= 0.3 is 0 Å². The molecule has 2 aromatic heterocycles. The van der Waals surface area contributed by atoms with E-state index in [4.69, 9.17) is 27.9 Å². The summed E-state index contributed by atoms with van der Waals surface area (Å²) in [5.41, 5.74) is 25.7. The Morgan fingerprint density at radius 3 is 1.82 bits per heavy atom. The molecule has 2 aliphatic rings. The van der Waals surface area contributed by atoms with E-state index >= 15 is 0 Å². The molecule has 39 heavy (non-hydrogen) atoms. The number of nitrogens with two attached hydrogens (primary N) is 4. The van der Waals surface area contributed by atoms with E-state index in [1.807, 2.05) is 9.80 Å². The van der Waals surface area contributed by atoms with Crippen LogP contribution in [0.3, 0.4) is 0 Å². The van der Waals surface area contributed by atoms with Gasteiger partial charge in [0.25, 0.3) is 11.5 Å². The fourth-order valence-corrected chi connectivity index (χ4v) is 4.94. The summed E-state index contributed by atoms with van der Waals surface area (Å²) in [7, 11) is 0. The van der Waals surface area contributed by atoms with Gasteiger partial charge in [-0.3, -0.25) is 9.59 Å². The van der Waals surface area contributed by atoms with Crippen molar-refractivity contribution in [2.75, 3.05) is 46.6 Å². The number of aromatic amines is 1. The first-order valence-corrected chi connectivity index (χ1v) is 12.9. The Labute approximate surface area is 225 Å². The van der Waals surface area contributed by atoms with Gasteiger partial charge in [-0.05, 0) is 49.2 Å². The second-order valence-electron chi connectivity index (χ2n) is 10.2. The van der Waals surface area contributed by atoms with Crippen LogP contribution < -0.4 is 48.9 Å². The van der Waals surface area contributed by atoms with E-state index in [9.17, 15) is 9.59 Å². The van der Waals surface area contributed by atoms with Crippen LogP contribution in [0, 0.1) is 0 Å². The van der Waals surface area contributed by atoms with Crippen LogP contribution in [0.2, 0.25) is 0 Å². The van der Waals surface area contributed by atoms with Crippen molar-refractivity contribution < 1.29 is 4.79 Å². The molecule has 4 heterocycles. The summed E-state index contributed by atoms with van der Waals surface area (Å²) >= 11 is 0. The minimum Gasteiger partial charge on any atom is -0.338 e. The normalized spacial score (nSPS) is 23.4. The minimum absolute atomic E-state index is 0.0271. The molecule has 2 fully saturated rings. The lowest BCUT2D eigenvalue weighted by molar-refractivity contribution is 0.102. The van der Waals surface area contributed by atoms with Gasteiger partial charge in [-0.25, -0.2) is 0 Å². The van der Waals surface area contributed by atoms with Crippen LogP contribution in [-0.2, 0) is 0 Å². The van der Waals surface area contributed by atoms with Gasteiger partial charge in [0, 0.05) is 67.9 Å². The van der Waals surface area contributed by atoms with E-state index < -0.39 is 11.5 Å². The van der Waals surface area contributed by atoms with Gasteiger partial charge in [0.1, 0.15) is 5.56 Å². The number of pyridine rings is 1. The first-order chi connectivity index (χ1) is 18.7. The Balaban J connectivity index is 1.37. The number of anilines is 5. The first kappa shape index (κ1) is 26.5. The topological polar surface area (TPSA) is 223 Å². The largest absolute Gasteiger partial charge is 0.338 e. The fourth-order valence-electron chi connectivity index (χ4n) is 4.94. The number of benzene rings is 1. The molecule has 206 valence electrons. The number of H-pyrrole nitrogens is 1. The Morgan fingerprint density at radius 2 is 1.31 bits per heavy atom. The van der Waals surface area contributed by atoms with Crippen LogP contribution in [0.4, 0.5) is 29.2 Å². The van der Waals surface area contributed by atoms with Gasteiger partial charge in [0.15, 0.2) is 0 Å². The summed E-state index contributed by atoms with van der Waals surface area (Å²) in [6.07, 6.45) is 2.94. The van der Waals surface area contributed by atoms with Gasteiger partial charge in [0.05, 0.1) is 0 Å². The number of carbonyl (C=O) groups excluding carboxylic acids is 1. The maximum atomic E-state index is 12.5. The monoisotopic (exact) mass is 534 g/mol. The predicted molar refractivity (Wildman–Crippen MR) is 150 cm³/mol. The van der Waals surface area contributed by atoms with Crippen molar-refractivity contribution in [3.63, 3.8) is 0 Å². The maximum absolute atomic E-state index is 12.5.